The van der Waals surface area contributed by atoms with E-state index in [2.05, 4.69) is 15.4 Å². The molecule has 0 bridgehead atoms. The third-order valence-corrected chi connectivity index (χ3v) is 8.95. The fourth-order valence-electron chi connectivity index (χ4n) is 6.58. The van der Waals surface area contributed by atoms with Crippen LogP contribution in [0.1, 0.15) is 32.3 Å². The summed E-state index contributed by atoms with van der Waals surface area (Å²) in [6, 6.07) is 7.60. The van der Waals surface area contributed by atoms with Crippen molar-refractivity contribution in [1.82, 2.24) is 29.4 Å². The van der Waals surface area contributed by atoms with Crippen LogP contribution in [0.25, 0.3) is 27.7 Å². The van der Waals surface area contributed by atoms with Crippen LogP contribution in [-0.2, 0) is 22.7 Å². The molecule has 3 fully saturated rings. The lowest BCUT2D eigenvalue weighted by atomic mass is 9.94. The van der Waals surface area contributed by atoms with Crippen molar-refractivity contribution in [2.75, 3.05) is 13.1 Å². The number of hydrogen-bond donors (Lipinski definition) is 1. The number of aromatic nitrogens is 4. The zero-order valence-corrected chi connectivity index (χ0v) is 23.2. The number of carbonyl (C=O) groups excluding carboxylic acids is 2. The van der Waals surface area contributed by atoms with Crippen LogP contribution >= 0.6 is 24.0 Å². The lowest BCUT2D eigenvalue weighted by Crippen LogP contribution is -2.41. The molecule has 11 heteroatoms. The standard InChI is InChI=1S/C28H28ClFN6O2.ClH/c1-27(2)21-22(27)26(38)35(25(21)37)12-16-9-20-23(32-15-33-36(20)13-16)19-11-18(29)10-17-3-8-34(24(17)19)14-28(30)4-6-31-7-5-28;/h3,8-11,13,15,21-22,31H,4-7,12,14H2,1-2H3;1H. The monoisotopic (exact) mass is 570 g/mol. The molecule has 1 aromatic carbocycles. The zero-order valence-electron chi connectivity index (χ0n) is 21.7. The second-order valence-electron chi connectivity index (χ2n) is 11.6. The lowest BCUT2D eigenvalue weighted by Gasteiger charge is -2.30. The Morgan fingerprint density at radius 2 is 1.85 bits per heavy atom. The number of imide groups is 1. The molecule has 1 saturated carbocycles. The number of piperidine rings is 2. The van der Waals surface area contributed by atoms with E-state index in [4.69, 9.17) is 11.6 Å². The quantitative estimate of drug-likeness (QED) is 0.353. The van der Waals surface area contributed by atoms with Gasteiger partial charge in [-0.25, -0.2) is 13.9 Å². The SMILES string of the molecule is CC1(C)C2C(=O)N(Cc3cc4c(-c5cc(Cl)cc6ccn(CC7(F)CCNCC7)c56)ncnn4c3)C(=O)C21.Cl. The Kier molecular flexibility index (Phi) is 6.06. The van der Waals surface area contributed by atoms with Crippen LogP contribution in [0.15, 0.2) is 43.0 Å². The van der Waals surface area contributed by atoms with E-state index in [0.29, 0.717) is 36.6 Å². The zero-order chi connectivity index (χ0) is 26.4. The molecule has 4 aromatic rings. The van der Waals surface area contributed by atoms with Gasteiger partial charge in [0.1, 0.15) is 12.0 Å². The average molecular weight is 571 g/mol. The molecule has 8 nitrogen and oxygen atoms in total. The molecular weight excluding hydrogens is 542 g/mol. The summed E-state index contributed by atoms with van der Waals surface area (Å²) in [4.78, 5) is 31.7. The molecule has 39 heavy (non-hydrogen) atoms. The minimum atomic E-state index is -1.29. The molecule has 3 aliphatic rings. The van der Waals surface area contributed by atoms with E-state index < -0.39 is 5.67 Å². The highest BCUT2D eigenvalue weighted by Crippen LogP contribution is 2.63. The summed E-state index contributed by atoms with van der Waals surface area (Å²) in [5.74, 6) is -0.625. The Morgan fingerprint density at radius 3 is 2.56 bits per heavy atom. The first-order valence-electron chi connectivity index (χ1n) is 13.0. The summed E-state index contributed by atoms with van der Waals surface area (Å²) in [7, 11) is 0. The number of nitrogens with one attached hydrogen (secondary N) is 1. The van der Waals surface area contributed by atoms with E-state index in [1.165, 1.54) is 11.2 Å². The van der Waals surface area contributed by atoms with Crippen LogP contribution in [-0.4, -0.2) is 54.6 Å². The van der Waals surface area contributed by atoms with Crippen molar-refractivity contribution in [2.24, 2.45) is 17.3 Å². The Labute approximate surface area is 235 Å². The molecule has 2 unspecified atom stereocenters. The molecule has 3 aromatic heterocycles. The van der Waals surface area contributed by atoms with Gasteiger partial charge < -0.3 is 9.88 Å². The van der Waals surface area contributed by atoms with Gasteiger partial charge in [0.25, 0.3) is 0 Å². The number of rotatable bonds is 5. The Hall–Kier alpha value is -3.01. The first-order chi connectivity index (χ1) is 18.2. The lowest BCUT2D eigenvalue weighted by molar-refractivity contribution is -0.143. The minimum absolute atomic E-state index is 0. The second-order valence-corrected chi connectivity index (χ2v) is 12.0. The number of halogens is 3. The van der Waals surface area contributed by atoms with Gasteiger partial charge in [0.15, 0.2) is 0 Å². The largest absolute Gasteiger partial charge is 0.344 e. The van der Waals surface area contributed by atoms with Crippen molar-refractivity contribution in [1.29, 1.82) is 0 Å². The van der Waals surface area contributed by atoms with E-state index in [0.717, 1.165) is 27.5 Å². The minimum Gasteiger partial charge on any atom is -0.344 e. The maximum Gasteiger partial charge on any atom is 0.233 e. The molecule has 0 spiro atoms. The Balaban J connectivity index is 0.00000277. The first-order valence-corrected chi connectivity index (χ1v) is 13.4. The number of nitrogens with zero attached hydrogens (tertiary/aromatic N) is 5. The van der Waals surface area contributed by atoms with Crippen molar-refractivity contribution < 1.29 is 14.0 Å². The van der Waals surface area contributed by atoms with E-state index in [-0.39, 0.29) is 54.6 Å². The smallest absolute Gasteiger partial charge is 0.233 e. The van der Waals surface area contributed by atoms with Crippen molar-refractivity contribution in [3.05, 3.63) is 53.6 Å². The van der Waals surface area contributed by atoms with Crippen LogP contribution in [0.3, 0.4) is 0 Å². The van der Waals surface area contributed by atoms with E-state index in [9.17, 15) is 9.59 Å². The van der Waals surface area contributed by atoms with Gasteiger partial charge in [-0.3, -0.25) is 14.5 Å². The predicted octanol–water partition coefficient (Wildman–Crippen LogP) is 4.66. The van der Waals surface area contributed by atoms with Crippen molar-refractivity contribution in [2.45, 2.75) is 45.4 Å². The summed E-state index contributed by atoms with van der Waals surface area (Å²) >= 11 is 6.52. The molecule has 2 aliphatic heterocycles. The van der Waals surface area contributed by atoms with Crippen molar-refractivity contribution in [3.8, 4) is 11.3 Å². The number of benzene rings is 1. The molecule has 2 amide bonds. The Bertz CT molecular complexity index is 1620. The number of alkyl halides is 1. The summed E-state index contributed by atoms with van der Waals surface area (Å²) in [6.45, 7) is 5.72. The number of likely N-dealkylation sites (tertiary alicyclic amines) is 1. The van der Waals surface area contributed by atoms with E-state index in [1.54, 1.807) is 4.52 Å². The van der Waals surface area contributed by atoms with Crippen molar-refractivity contribution in [3.63, 3.8) is 0 Å². The summed E-state index contributed by atoms with van der Waals surface area (Å²) in [6.07, 6.45) is 6.12. The second kappa shape index (κ2) is 9.01. The van der Waals surface area contributed by atoms with Crippen LogP contribution in [0.5, 0.6) is 0 Å². The molecular formula is C28H29Cl2FN6O2. The number of carbonyl (C=O) groups is 2. The molecule has 5 heterocycles. The van der Waals surface area contributed by atoms with Crippen LogP contribution < -0.4 is 5.32 Å². The highest BCUT2D eigenvalue weighted by molar-refractivity contribution is 6.32. The third kappa shape index (κ3) is 4.05. The van der Waals surface area contributed by atoms with Gasteiger partial charge in [-0.15, -0.1) is 12.4 Å². The number of amides is 2. The van der Waals surface area contributed by atoms with Gasteiger partial charge in [-0.1, -0.05) is 25.4 Å². The Morgan fingerprint density at radius 1 is 1.13 bits per heavy atom. The first kappa shape index (κ1) is 26.2. The van der Waals surface area contributed by atoms with Gasteiger partial charge in [0, 0.05) is 28.4 Å². The topological polar surface area (TPSA) is 84.5 Å². The third-order valence-electron chi connectivity index (χ3n) is 8.73. The highest BCUT2D eigenvalue weighted by atomic mass is 35.5. The molecule has 2 atom stereocenters. The van der Waals surface area contributed by atoms with E-state index >= 15 is 4.39 Å². The number of fused-ring (bicyclic) bond motifs is 3. The molecule has 1 N–H and O–H groups in total. The van der Waals surface area contributed by atoms with Crippen molar-refractivity contribution >= 4 is 52.2 Å². The van der Waals surface area contributed by atoms with Crippen LogP contribution in [0.2, 0.25) is 5.02 Å². The van der Waals surface area contributed by atoms with E-state index in [1.807, 2.05) is 55.1 Å². The summed E-state index contributed by atoms with van der Waals surface area (Å²) in [5, 5.41) is 9.07. The molecule has 2 saturated heterocycles. The molecule has 7 rings (SSSR count). The summed E-state index contributed by atoms with van der Waals surface area (Å²) < 4.78 is 19.4. The van der Waals surface area contributed by atoms with Crippen LogP contribution in [0, 0.1) is 17.3 Å². The fourth-order valence-corrected chi connectivity index (χ4v) is 6.81. The molecule has 204 valence electrons. The normalized spacial score (nSPS) is 23.3. The maximum absolute atomic E-state index is 15.7. The molecule has 0 radical (unpaired) electrons. The predicted molar refractivity (Wildman–Crippen MR) is 148 cm³/mol. The van der Waals surface area contributed by atoms with Gasteiger partial charge in [0.2, 0.25) is 11.8 Å². The van der Waals surface area contributed by atoms with Gasteiger partial charge >= 0.3 is 0 Å². The van der Waals surface area contributed by atoms with Gasteiger partial charge in [-0.2, -0.15) is 5.10 Å². The highest BCUT2D eigenvalue weighted by Gasteiger charge is 2.72. The fraction of sp³-hybridized carbons (Fsp3) is 0.429. The van der Waals surface area contributed by atoms with Crippen LogP contribution in [0.4, 0.5) is 4.39 Å². The summed E-state index contributed by atoms with van der Waals surface area (Å²) in [5.41, 5.74) is 2.28. The van der Waals surface area contributed by atoms with Gasteiger partial charge in [-0.05, 0) is 61.2 Å². The number of hydrogen-bond acceptors (Lipinski definition) is 5. The average Bonchev–Trinajstić information content (AvgIpc) is 3.22. The maximum atomic E-state index is 15.7. The van der Waals surface area contributed by atoms with Gasteiger partial charge in [0.05, 0.1) is 41.7 Å². The molecule has 1 aliphatic carbocycles.